The lowest BCUT2D eigenvalue weighted by Crippen LogP contribution is -2.48. The molecule has 2 fully saturated rings. The first-order valence-corrected chi connectivity index (χ1v) is 8.63. The van der Waals surface area contributed by atoms with Crippen molar-refractivity contribution in [1.29, 1.82) is 0 Å². The van der Waals surface area contributed by atoms with Crippen LogP contribution >= 0.6 is 0 Å². The van der Waals surface area contributed by atoms with Gasteiger partial charge in [0.2, 0.25) is 10.0 Å². The summed E-state index contributed by atoms with van der Waals surface area (Å²) in [7, 11) is -1.71. The molecule has 1 aromatic rings. The fraction of sp³-hybridized carbons (Fsp3) is 0.769. The zero-order valence-corrected chi connectivity index (χ0v) is 13.0. The van der Waals surface area contributed by atoms with Gasteiger partial charge in [0.15, 0.2) is 0 Å². The van der Waals surface area contributed by atoms with Gasteiger partial charge in [-0.3, -0.25) is 4.68 Å². The summed E-state index contributed by atoms with van der Waals surface area (Å²) < 4.78 is 29.7. The van der Waals surface area contributed by atoms with E-state index in [4.69, 9.17) is 0 Å². The van der Waals surface area contributed by atoms with Gasteiger partial charge in [0, 0.05) is 25.2 Å². The van der Waals surface area contributed by atoms with Crippen LogP contribution in [0.25, 0.3) is 0 Å². The SMILES string of the molecule is Cc1nn(C)c(C)c1S(=O)(=O)NC1CC2CCC(C1)N2. The second kappa shape index (κ2) is 4.82. The maximum absolute atomic E-state index is 12.6. The Morgan fingerprint density at radius 1 is 1.25 bits per heavy atom. The molecule has 3 heterocycles. The normalized spacial score (nSPS) is 29.9. The van der Waals surface area contributed by atoms with Crippen LogP contribution in [0.3, 0.4) is 0 Å². The average molecular weight is 298 g/mol. The molecule has 3 rings (SSSR count). The number of nitrogens with zero attached hydrogens (tertiary/aromatic N) is 2. The fourth-order valence-electron chi connectivity index (χ4n) is 3.57. The quantitative estimate of drug-likeness (QED) is 0.857. The van der Waals surface area contributed by atoms with Gasteiger partial charge in [-0.05, 0) is 39.5 Å². The molecule has 7 heteroatoms. The van der Waals surface area contributed by atoms with Gasteiger partial charge < -0.3 is 5.32 Å². The maximum Gasteiger partial charge on any atom is 0.244 e. The van der Waals surface area contributed by atoms with E-state index in [-0.39, 0.29) is 6.04 Å². The summed E-state index contributed by atoms with van der Waals surface area (Å²) in [5, 5.41) is 7.72. The minimum absolute atomic E-state index is 0.0396. The number of nitrogens with one attached hydrogen (secondary N) is 2. The molecule has 2 atom stereocenters. The van der Waals surface area contributed by atoms with Gasteiger partial charge in [-0.2, -0.15) is 5.10 Å². The molecule has 2 bridgehead atoms. The predicted octanol–water partition coefficient (Wildman–Crippen LogP) is 0.598. The number of aromatic nitrogens is 2. The van der Waals surface area contributed by atoms with Crippen LogP contribution in [-0.4, -0.2) is 36.3 Å². The summed E-state index contributed by atoms with van der Waals surface area (Å²) in [6, 6.07) is 0.979. The Hall–Kier alpha value is -0.920. The van der Waals surface area contributed by atoms with Crippen molar-refractivity contribution in [2.75, 3.05) is 0 Å². The third kappa shape index (κ3) is 2.38. The molecule has 2 N–H and O–H groups in total. The number of hydrogen-bond donors (Lipinski definition) is 2. The van der Waals surface area contributed by atoms with Crippen molar-refractivity contribution in [3.63, 3.8) is 0 Å². The molecule has 0 spiro atoms. The van der Waals surface area contributed by atoms with Crippen molar-refractivity contribution in [2.45, 2.75) is 62.6 Å². The van der Waals surface area contributed by atoms with Crippen molar-refractivity contribution in [3.8, 4) is 0 Å². The van der Waals surface area contributed by atoms with Crippen LogP contribution in [0.2, 0.25) is 0 Å². The minimum atomic E-state index is -3.48. The molecule has 0 aliphatic carbocycles. The lowest BCUT2D eigenvalue weighted by Gasteiger charge is -2.29. The Labute approximate surface area is 120 Å². The number of aryl methyl sites for hydroxylation is 2. The largest absolute Gasteiger partial charge is 0.311 e. The summed E-state index contributed by atoms with van der Waals surface area (Å²) in [4.78, 5) is 0.339. The summed E-state index contributed by atoms with van der Waals surface area (Å²) >= 11 is 0. The van der Waals surface area contributed by atoms with Crippen LogP contribution in [0.1, 0.15) is 37.1 Å². The van der Waals surface area contributed by atoms with Crippen molar-refractivity contribution in [3.05, 3.63) is 11.4 Å². The summed E-state index contributed by atoms with van der Waals surface area (Å²) in [5.41, 5.74) is 1.25. The van der Waals surface area contributed by atoms with Gasteiger partial charge in [0.1, 0.15) is 4.90 Å². The number of piperidine rings is 1. The second-order valence-electron chi connectivity index (χ2n) is 6.05. The molecule has 2 aliphatic rings. The van der Waals surface area contributed by atoms with Crippen LogP contribution in [-0.2, 0) is 17.1 Å². The van der Waals surface area contributed by atoms with Gasteiger partial charge in [-0.15, -0.1) is 0 Å². The monoisotopic (exact) mass is 298 g/mol. The van der Waals surface area contributed by atoms with E-state index >= 15 is 0 Å². The molecular weight excluding hydrogens is 276 g/mol. The van der Waals surface area contributed by atoms with Gasteiger partial charge in [0.05, 0.1) is 11.4 Å². The molecule has 1 aromatic heterocycles. The predicted molar refractivity (Wildman–Crippen MR) is 76.0 cm³/mol. The lowest BCUT2D eigenvalue weighted by molar-refractivity contribution is 0.345. The minimum Gasteiger partial charge on any atom is -0.311 e. The van der Waals surface area contributed by atoms with E-state index in [1.807, 2.05) is 0 Å². The Balaban J connectivity index is 1.82. The lowest BCUT2D eigenvalue weighted by atomic mass is 10.0. The molecule has 0 radical (unpaired) electrons. The van der Waals surface area contributed by atoms with E-state index in [0.717, 1.165) is 25.7 Å². The number of rotatable bonds is 3. The molecule has 112 valence electrons. The Morgan fingerprint density at radius 2 is 1.85 bits per heavy atom. The molecular formula is C13H22N4O2S. The van der Waals surface area contributed by atoms with E-state index in [9.17, 15) is 8.42 Å². The van der Waals surface area contributed by atoms with Crippen molar-refractivity contribution < 1.29 is 8.42 Å². The molecule has 20 heavy (non-hydrogen) atoms. The van der Waals surface area contributed by atoms with E-state index in [0.29, 0.717) is 28.4 Å². The molecule has 6 nitrogen and oxygen atoms in total. The van der Waals surface area contributed by atoms with Crippen LogP contribution in [0.4, 0.5) is 0 Å². The second-order valence-corrected chi connectivity index (χ2v) is 7.70. The highest BCUT2D eigenvalue weighted by Crippen LogP contribution is 2.28. The zero-order chi connectivity index (χ0) is 14.5. The zero-order valence-electron chi connectivity index (χ0n) is 12.2. The van der Waals surface area contributed by atoms with Crippen LogP contribution in [0.15, 0.2) is 4.90 Å². The highest BCUT2D eigenvalue weighted by molar-refractivity contribution is 7.89. The first-order chi connectivity index (χ1) is 9.37. The summed E-state index contributed by atoms with van der Waals surface area (Å²) in [6.45, 7) is 3.54. The summed E-state index contributed by atoms with van der Waals surface area (Å²) in [5.74, 6) is 0. The molecule has 2 saturated heterocycles. The highest BCUT2D eigenvalue weighted by Gasteiger charge is 2.36. The third-order valence-corrected chi connectivity index (χ3v) is 6.28. The van der Waals surface area contributed by atoms with Crippen molar-refractivity contribution >= 4 is 10.0 Å². The van der Waals surface area contributed by atoms with E-state index in [2.05, 4.69) is 15.1 Å². The van der Waals surface area contributed by atoms with Crippen LogP contribution in [0.5, 0.6) is 0 Å². The molecule has 2 unspecified atom stereocenters. The molecule has 0 saturated carbocycles. The number of fused-ring (bicyclic) bond motifs is 2. The highest BCUT2D eigenvalue weighted by atomic mass is 32.2. The van der Waals surface area contributed by atoms with Crippen molar-refractivity contribution in [1.82, 2.24) is 19.8 Å². The van der Waals surface area contributed by atoms with Crippen LogP contribution < -0.4 is 10.0 Å². The summed E-state index contributed by atoms with van der Waals surface area (Å²) in [6.07, 6.45) is 4.09. The van der Waals surface area contributed by atoms with E-state index in [1.54, 1.807) is 25.6 Å². The smallest absolute Gasteiger partial charge is 0.244 e. The maximum atomic E-state index is 12.6. The standard InChI is InChI=1S/C13H22N4O2S/c1-8-13(9(2)17(3)15-8)20(18,19)16-12-6-10-4-5-11(7-12)14-10/h10-12,14,16H,4-7H2,1-3H3. The molecule has 0 amide bonds. The average Bonchev–Trinajstić information content (AvgIpc) is 2.79. The Bertz CT molecular complexity index is 611. The number of sulfonamides is 1. The van der Waals surface area contributed by atoms with E-state index < -0.39 is 10.0 Å². The Kier molecular flexibility index (Phi) is 3.38. The first-order valence-electron chi connectivity index (χ1n) is 7.15. The van der Waals surface area contributed by atoms with Gasteiger partial charge in [0.25, 0.3) is 0 Å². The first kappa shape index (κ1) is 14.0. The van der Waals surface area contributed by atoms with E-state index in [1.165, 1.54) is 0 Å². The topological polar surface area (TPSA) is 76.0 Å². The van der Waals surface area contributed by atoms with Gasteiger partial charge >= 0.3 is 0 Å². The van der Waals surface area contributed by atoms with Gasteiger partial charge in [-0.1, -0.05) is 0 Å². The fourth-order valence-corrected chi connectivity index (χ4v) is 5.27. The molecule has 2 aliphatic heterocycles. The molecule has 0 aromatic carbocycles. The Morgan fingerprint density at radius 3 is 2.35 bits per heavy atom. The third-order valence-electron chi connectivity index (χ3n) is 4.51. The van der Waals surface area contributed by atoms with Crippen LogP contribution in [0, 0.1) is 13.8 Å². The van der Waals surface area contributed by atoms with Crippen molar-refractivity contribution in [2.24, 2.45) is 7.05 Å². The number of hydrogen-bond acceptors (Lipinski definition) is 4. The van der Waals surface area contributed by atoms with Gasteiger partial charge in [-0.25, -0.2) is 13.1 Å².